The van der Waals surface area contributed by atoms with E-state index in [1.165, 1.54) is 55.7 Å². The fraction of sp³-hybridized carbons (Fsp3) is 0.111. The molecular weight excluding hydrogens is 587 g/mol. The van der Waals surface area contributed by atoms with Crippen molar-refractivity contribution in [3.8, 4) is 0 Å². The molecule has 0 aromatic heterocycles. The molecule has 2 heteroatoms. The highest BCUT2D eigenvalue weighted by Gasteiger charge is 2.49. The van der Waals surface area contributed by atoms with Crippen LogP contribution in [-0.4, -0.2) is 13.3 Å². The molecule has 0 radical (unpaired) electrons. The van der Waals surface area contributed by atoms with Crippen molar-refractivity contribution in [3.63, 3.8) is 0 Å². The first-order valence-electron chi connectivity index (χ1n) is 16.3. The first kappa shape index (κ1) is 30.7. The van der Waals surface area contributed by atoms with E-state index in [0.717, 1.165) is 5.30 Å². The SMILES string of the molecule is CC1(c2ccccc2)C(c2ccccc2)=C(c2ccccc2)C(c2ccccc2)=C(c2ccccc2)C1c1ccc(P(C)(C)=O)cc1. The van der Waals surface area contributed by atoms with Gasteiger partial charge < -0.3 is 4.57 Å². The molecule has 0 heterocycles. The summed E-state index contributed by atoms with van der Waals surface area (Å²) in [6.45, 7) is 6.13. The summed E-state index contributed by atoms with van der Waals surface area (Å²) in [4.78, 5) is 0. The van der Waals surface area contributed by atoms with Gasteiger partial charge in [0, 0.05) is 16.6 Å². The zero-order valence-electron chi connectivity index (χ0n) is 27.2. The number of allylic oxidation sites excluding steroid dienone is 4. The van der Waals surface area contributed by atoms with E-state index in [1.807, 2.05) is 13.3 Å². The molecule has 1 nitrogen and oxygen atoms in total. The molecule has 0 aliphatic heterocycles. The Morgan fingerprint density at radius 1 is 0.468 bits per heavy atom. The van der Waals surface area contributed by atoms with Gasteiger partial charge in [-0.2, -0.15) is 0 Å². The van der Waals surface area contributed by atoms with Crippen LogP contribution in [-0.2, 0) is 9.98 Å². The summed E-state index contributed by atoms with van der Waals surface area (Å²) in [5.41, 5.74) is 11.8. The van der Waals surface area contributed by atoms with Crippen molar-refractivity contribution in [3.05, 3.63) is 209 Å². The van der Waals surface area contributed by atoms with Crippen molar-refractivity contribution in [2.75, 3.05) is 13.3 Å². The third kappa shape index (κ3) is 5.67. The van der Waals surface area contributed by atoms with Crippen molar-refractivity contribution < 1.29 is 4.57 Å². The van der Waals surface area contributed by atoms with Crippen molar-refractivity contribution in [1.29, 1.82) is 0 Å². The molecule has 47 heavy (non-hydrogen) atoms. The first-order valence-corrected chi connectivity index (χ1v) is 18.9. The Labute approximate surface area is 279 Å². The van der Waals surface area contributed by atoms with E-state index in [-0.39, 0.29) is 5.92 Å². The Hall–Kier alpha value is -4.97. The smallest absolute Gasteiger partial charge is 0.109 e. The van der Waals surface area contributed by atoms with E-state index in [2.05, 4.69) is 183 Å². The van der Waals surface area contributed by atoms with Crippen molar-refractivity contribution in [2.24, 2.45) is 0 Å². The van der Waals surface area contributed by atoms with E-state index in [9.17, 15) is 4.57 Å². The Balaban J connectivity index is 1.72. The minimum atomic E-state index is -2.43. The molecule has 230 valence electrons. The lowest BCUT2D eigenvalue weighted by atomic mass is 9.54. The van der Waals surface area contributed by atoms with Crippen molar-refractivity contribution >= 4 is 34.7 Å². The molecule has 0 fully saturated rings. The second-order valence-electron chi connectivity index (χ2n) is 12.9. The molecule has 0 N–H and O–H groups in total. The average Bonchev–Trinajstić information content (AvgIpc) is 3.12. The van der Waals surface area contributed by atoms with Crippen LogP contribution in [0.3, 0.4) is 0 Å². The molecule has 1 aliphatic carbocycles. The molecule has 0 saturated heterocycles. The highest BCUT2D eigenvalue weighted by atomic mass is 31.2. The standard InChI is InChI=1S/C45H39OP/c1-45(38-27-17-8-18-28-38)43(36-25-15-7-16-26-36)41(34-21-11-5-12-22-34)40(33-19-9-4-10-20-33)42(35-23-13-6-14-24-35)44(45)37-29-31-39(32-30-37)47(2,3)46/h4-32,44H,1-3H3. The lowest BCUT2D eigenvalue weighted by molar-refractivity contribution is 0.557. The van der Waals surface area contributed by atoms with Gasteiger partial charge in [0.1, 0.15) is 7.14 Å². The lowest BCUT2D eigenvalue weighted by Crippen LogP contribution is -2.37. The quantitative estimate of drug-likeness (QED) is 0.161. The molecule has 6 aromatic rings. The molecule has 0 spiro atoms. The maximum atomic E-state index is 13.2. The molecule has 6 aromatic carbocycles. The summed E-state index contributed by atoms with van der Waals surface area (Å²) in [6, 6.07) is 63.2. The predicted octanol–water partition coefficient (Wildman–Crippen LogP) is 11.2. The maximum Gasteiger partial charge on any atom is 0.109 e. The minimum Gasteiger partial charge on any atom is -0.319 e. The van der Waals surface area contributed by atoms with Crippen LogP contribution < -0.4 is 5.30 Å². The van der Waals surface area contributed by atoms with E-state index >= 15 is 0 Å². The van der Waals surface area contributed by atoms with E-state index in [4.69, 9.17) is 0 Å². The van der Waals surface area contributed by atoms with Crippen LogP contribution >= 0.6 is 7.14 Å². The molecule has 1 aliphatic rings. The van der Waals surface area contributed by atoms with Gasteiger partial charge in [-0.15, -0.1) is 0 Å². The number of hydrogen-bond donors (Lipinski definition) is 0. The average molecular weight is 627 g/mol. The molecular formula is C45H39OP. The molecule has 2 atom stereocenters. The molecule has 7 rings (SSSR count). The first-order chi connectivity index (χ1) is 22.9. The molecule has 0 bridgehead atoms. The van der Waals surface area contributed by atoms with Gasteiger partial charge >= 0.3 is 0 Å². The van der Waals surface area contributed by atoms with Gasteiger partial charge in [0.15, 0.2) is 0 Å². The van der Waals surface area contributed by atoms with Crippen LogP contribution in [0.15, 0.2) is 176 Å². The number of rotatable bonds is 7. The van der Waals surface area contributed by atoms with Crippen LogP contribution in [0.2, 0.25) is 0 Å². The van der Waals surface area contributed by atoms with Gasteiger partial charge in [-0.1, -0.05) is 183 Å². The fourth-order valence-electron chi connectivity index (χ4n) is 7.49. The van der Waals surface area contributed by atoms with E-state index in [0.29, 0.717) is 0 Å². The van der Waals surface area contributed by atoms with Crippen molar-refractivity contribution in [1.82, 2.24) is 0 Å². The highest BCUT2D eigenvalue weighted by molar-refractivity contribution is 7.70. The predicted molar refractivity (Wildman–Crippen MR) is 201 cm³/mol. The minimum absolute atomic E-state index is 0.0766. The lowest BCUT2D eigenvalue weighted by Gasteiger charge is -2.48. The Bertz CT molecular complexity index is 2090. The topological polar surface area (TPSA) is 17.1 Å². The summed E-state index contributed by atoms with van der Waals surface area (Å²) >= 11 is 0. The third-order valence-electron chi connectivity index (χ3n) is 9.65. The summed E-state index contributed by atoms with van der Waals surface area (Å²) < 4.78 is 13.2. The number of hydrogen-bond acceptors (Lipinski definition) is 1. The van der Waals surface area contributed by atoms with Gasteiger partial charge in [-0.05, 0) is 69.0 Å². The van der Waals surface area contributed by atoms with Gasteiger partial charge in [-0.25, -0.2) is 0 Å². The second kappa shape index (κ2) is 12.7. The summed E-state index contributed by atoms with van der Waals surface area (Å²) in [5, 5.41) is 0.899. The Kier molecular flexibility index (Phi) is 8.27. The Morgan fingerprint density at radius 3 is 1.34 bits per heavy atom. The fourth-order valence-corrected chi connectivity index (χ4v) is 8.36. The van der Waals surface area contributed by atoms with Crippen LogP contribution in [0, 0.1) is 0 Å². The van der Waals surface area contributed by atoms with E-state index in [1.54, 1.807) is 0 Å². The third-order valence-corrected chi connectivity index (χ3v) is 11.2. The largest absolute Gasteiger partial charge is 0.319 e. The van der Waals surface area contributed by atoms with Crippen LogP contribution in [0.5, 0.6) is 0 Å². The van der Waals surface area contributed by atoms with Crippen LogP contribution in [0.4, 0.5) is 0 Å². The van der Waals surface area contributed by atoms with Crippen LogP contribution in [0.25, 0.3) is 22.3 Å². The zero-order valence-corrected chi connectivity index (χ0v) is 28.1. The number of benzene rings is 6. The Morgan fingerprint density at radius 2 is 0.872 bits per heavy atom. The molecule has 0 saturated carbocycles. The van der Waals surface area contributed by atoms with E-state index < -0.39 is 12.6 Å². The summed E-state index contributed by atoms with van der Waals surface area (Å²) in [5.74, 6) is -0.0766. The highest BCUT2D eigenvalue weighted by Crippen LogP contribution is 2.63. The van der Waals surface area contributed by atoms with Gasteiger partial charge in [-0.3, -0.25) is 0 Å². The summed E-state index contributed by atoms with van der Waals surface area (Å²) in [7, 11) is -2.43. The molecule has 0 amide bonds. The van der Waals surface area contributed by atoms with Gasteiger partial charge in [0.2, 0.25) is 0 Å². The molecule has 2 unspecified atom stereocenters. The van der Waals surface area contributed by atoms with Crippen LogP contribution in [0.1, 0.15) is 46.2 Å². The summed E-state index contributed by atoms with van der Waals surface area (Å²) in [6.07, 6.45) is 0. The van der Waals surface area contributed by atoms with Crippen molar-refractivity contribution in [2.45, 2.75) is 18.3 Å². The van der Waals surface area contributed by atoms with Gasteiger partial charge in [0.05, 0.1) is 0 Å². The van der Waals surface area contributed by atoms with Gasteiger partial charge in [0.25, 0.3) is 0 Å². The maximum absolute atomic E-state index is 13.2. The zero-order chi connectivity index (χ0) is 32.4. The normalized spacial score (nSPS) is 18.3. The second-order valence-corrected chi connectivity index (χ2v) is 16.2. The monoisotopic (exact) mass is 626 g/mol.